The number of rotatable bonds is 7. The molecule has 2 aromatic rings. The van der Waals surface area contributed by atoms with Crippen LogP contribution in [-0.4, -0.2) is 23.2 Å². The molecule has 0 aliphatic heterocycles. The van der Waals surface area contributed by atoms with E-state index in [0.717, 1.165) is 23.5 Å². The van der Waals surface area contributed by atoms with E-state index < -0.39 is 5.60 Å². The van der Waals surface area contributed by atoms with Crippen LogP contribution in [0.15, 0.2) is 40.8 Å². The predicted molar refractivity (Wildman–Crippen MR) is 90.5 cm³/mol. The van der Waals surface area contributed by atoms with E-state index in [1.54, 1.807) is 13.8 Å². The quantitative estimate of drug-likeness (QED) is 0.824. The Balaban J connectivity index is 1.80. The van der Waals surface area contributed by atoms with Crippen LogP contribution in [0.1, 0.15) is 47.7 Å². The summed E-state index contributed by atoms with van der Waals surface area (Å²) in [6, 6.07) is 11.4. The van der Waals surface area contributed by atoms with Gasteiger partial charge in [0.05, 0.1) is 5.60 Å². The van der Waals surface area contributed by atoms with Crippen molar-refractivity contribution in [3.8, 4) is 0 Å². The van der Waals surface area contributed by atoms with Gasteiger partial charge in [-0.1, -0.05) is 12.1 Å². The molecule has 0 unspecified atom stereocenters. The summed E-state index contributed by atoms with van der Waals surface area (Å²) in [6.45, 7) is 6.05. The van der Waals surface area contributed by atoms with Crippen molar-refractivity contribution < 1.29 is 14.3 Å². The maximum Gasteiger partial charge on any atom is 0.251 e. The molecule has 124 valence electrons. The molecule has 23 heavy (non-hydrogen) atoms. The van der Waals surface area contributed by atoms with Gasteiger partial charge >= 0.3 is 0 Å². The Morgan fingerprint density at radius 1 is 1.13 bits per heavy atom. The van der Waals surface area contributed by atoms with Crippen molar-refractivity contribution in [1.29, 1.82) is 0 Å². The van der Waals surface area contributed by atoms with Crippen LogP contribution in [0.2, 0.25) is 0 Å². The number of carbonyl (C=O) groups excluding carboxylic acids is 1. The van der Waals surface area contributed by atoms with Crippen molar-refractivity contribution in [2.45, 2.75) is 45.6 Å². The number of carbonyl (C=O) groups is 1. The number of furan rings is 1. The van der Waals surface area contributed by atoms with E-state index in [-0.39, 0.29) is 5.91 Å². The lowest BCUT2D eigenvalue weighted by Crippen LogP contribution is -2.25. The van der Waals surface area contributed by atoms with E-state index >= 15 is 0 Å². The van der Waals surface area contributed by atoms with E-state index in [9.17, 15) is 9.90 Å². The Morgan fingerprint density at radius 3 is 2.39 bits per heavy atom. The number of hydrogen-bond donors (Lipinski definition) is 2. The summed E-state index contributed by atoms with van der Waals surface area (Å²) in [5.74, 6) is 1.68. The van der Waals surface area contributed by atoms with Crippen molar-refractivity contribution in [3.05, 3.63) is 59.0 Å². The maximum atomic E-state index is 12.1. The lowest BCUT2D eigenvalue weighted by Gasteiger charge is -2.16. The van der Waals surface area contributed by atoms with E-state index in [2.05, 4.69) is 5.32 Å². The second kappa shape index (κ2) is 7.47. The Kier molecular flexibility index (Phi) is 5.61. The predicted octanol–water partition coefficient (Wildman–Crippen LogP) is 3.26. The van der Waals surface area contributed by atoms with Crippen molar-refractivity contribution in [1.82, 2.24) is 5.32 Å². The molecular weight excluding hydrogens is 290 g/mol. The van der Waals surface area contributed by atoms with E-state index in [1.165, 1.54) is 0 Å². The first kappa shape index (κ1) is 17.3. The van der Waals surface area contributed by atoms with Gasteiger partial charge in [-0.3, -0.25) is 4.79 Å². The van der Waals surface area contributed by atoms with E-state index in [0.29, 0.717) is 24.9 Å². The highest BCUT2D eigenvalue weighted by molar-refractivity contribution is 5.94. The van der Waals surface area contributed by atoms with Gasteiger partial charge in [0.15, 0.2) is 0 Å². The fraction of sp³-hybridized carbons (Fsp3) is 0.421. The van der Waals surface area contributed by atoms with Gasteiger partial charge in [-0.2, -0.15) is 0 Å². The average Bonchev–Trinajstić information content (AvgIpc) is 2.90. The number of hydrogen-bond acceptors (Lipinski definition) is 3. The van der Waals surface area contributed by atoms with Crippen LogP contribution >= 0.6 is 0 Å². The van der Waals surface area contributed by atoms with Crippen LogP contribution in [0.4, 0.5) is 0 Å². The van der Waals surface area contributed by atoms with Crippen LogP contribution in [0, 0.1) is 6.92 Å². The molecule has 0 atom stereocenters. The Hall–Kier alpha value is -2.07. The van der Waals surface area contributed by atoms with Gasteiger partial charge in [0, 0.05) is 18.5 Å². The van der Waals surface area contributed by atoms with Gasteiger partial charge in [-0.05, 0) is 63.4 Å². The molecule has 0 bridgehead atoms. The smallest absolute Gasteiger partial charge is 0.251 e. The van der Waals surface area contributed by atoms with Gasteiger partial charge < -0.3 is 14.8 Å². The highest BCUT2D eigenvalue weighted by atomic mass is 16.3. The summed E-state index contributed by atoms with van der Waals surface area (Å²) >= 11 is 0. The molecule has 2 N–H and O–H groups in total. The van der Waals surface area contributed by atoms with E-state index in [1.807, 2.05) is 43.3 Å². The molecule has 1 aromatic carbocycles. The zero-order valence-electron chi connectivity index (χ0n) is 14.1. The average molecular weight is 315 g/mol. The molecule has 1 amide bonds. The topological polar surface area (TPSA) is 62.5 Å². The van der Waals surface area contributed by atoms with Gasteiger partial charge in [0.25, 0.3) is 5.91 Å². The first-order chi connectivity index (χ1) is 10.8. The molecule has 0 saturated carbocycles. The van der Waals surface area contributed by atoms with E-state index in [4.69, 9.17) is 4.42 Å². The number of nitrogens with one attached hydrogen (secondary N) is 1. The van der Waals surface area contributed by atoms with Gasteiger partial charge in [-0.15, -0.1) is 0 Å². The Labute approximate surface area is 137 Å². The summed E-state index contributed by atoms with van der Waals surface area (Å²) in [5.41, 5.74) is 1.10. The van der Waals surface area contributed by atoms with Crippen LogP contribution in [0.3, 0.4) is 0 Å². The Bertz CT molecular complexity index is 635. The highest BCUT2D eigenvalue weighted by Gasteiger charge is 2.12. The van der Waals surface area contributed by atoms with Crippen molar-refractivity contribution in [3.63, 3.8) is 0 Å². The largest absolute Gasteiger partial charge is 0.466 e. The maximum absolute atomic E-state index is 12.1. The first-order valence-corrected chi connectivity index (χ1v) is 7.98. The molecule has 1 heterocycles. The third kappa shape index (κ3) is 5.91. The molecule has 4 heteroatoms. The molecular formula is C19H25NO3. The molecule has 0 spiro atoms. The molecule has 2 rings (SSSR count). The number of amides is 1. The monoisotopic (exact) mass is 315 g/mol. The fourth-order valence-electron chi connectivity index (χ4n) is 2.29. The third-order valence-electron chi connectivity index (χ3n) is 3.69. The number of aliphatic hydroxyl groups is 1. The summed E-state index contributed by atoms with van der Waals surface area (Å²) in [5, 5.41) is 12.6. The highest BCUT2D eigenvalue weighted by Crippen LogP contribution is 2.14. The van der Waals surface area contributed by atoms with Gasteiger partial charge in [-0.25, -0.2) is 0 Å². The summed E-state index contributed by atoms with van der Waals surface area (Å²) < 4.78 is 5.47. The molecule has 0 aliphatic rings. The van der Waals surface area contributed by atoms with Crippen LogP contribution < -0.4 is 5.32 Å². The molecule has 0 fully saturated rings. The minimum absolute atomic E-state index is 0.0812. The summed E-state index contributed by atoms with van der Waals surface area (Å²) in [4.78, 5) is 12.1. The fourth-order valence-corrected chi connectivity index (χ4v) is 2.29. The Morgan fingerprint density at radius 2 is 1.83 bits per heavy atom. The third-order valence-corrected chi connectivity index (χ3v) is 3.69. The lowest BCUT2D eigenvalue weighted by atomic mass is 9.98. The van der Waals surface area contributed by atoms with Crippen molar-refractivity contribution in [2.24, 2.45) is 0 Å². The standard InChI is InChI=1S/C19H25NO3/c1-14-4-9-17(23-14)11-13-20-18(21)16-7-5-15(6-8-16)10-12-19(2,3)22/h4-9,22H,10-13H2,1-3H3,(H,20,21). The zero-order chi connectivity index (χ0) is 16.9. The number of aryl methyl sites for hydroxylation is 2. The van der Waals surface area contributed by atoms with Crippen LogP contribution in [0.25, 0.3) is 0 Å². The molecule has 1 aromatic heterocycles. The summed E-state index contributed by atoms with van der Waals surface area (Å²) in [6.07, 6.45) is 2.17. The molecule has 0 saturated heterocycles. The molecule has 0 radical (unpaired) electrons. The van der Waals surface area contributed by atoms with Crippen molar-refractivity contribution >= 4 is 5.91 Å². The lowest BCUT2D eigenvalue weighted by molar-refractivity contribution is 0.0713. The van der Waals surface area contributed by atoms with Gasteiger partial charge in [0.1, 0.15) is 11.5 Å². The minimum atomic E-state index is -0.666. The molecule has 4 nitrogen and oxygen atoms in total. The van der Waals surface area contributed by atoms with Crippen molar-refractivity contribution in [2.75, 3.05) is 6.54 Å². The van der Waals surface area contributed by atoms with Gasteiger partial charge in [0.2, 0.25) is 0 Å². The molecule has 0 aliphatic carbocycles. The minimum Gasteiger partial charge on any atom is -0.466 e. The first-order valence-electron chi connectivity index (χ1n) is 7.98. The normalized spacial score (nSPS) is 11.5. The second-order valence-corrected chi connectivity index (χ2v) is 6.53. The number of benzene rings is 1. The second-order valence-electron chi connectivity index (χ2n) is 6.53. The zero-order valence-corrected chi connectivity index (χ0v) is 14.1. The summed E-state index contributed by atoms with van der Waals surface area (Å²) in [7, 11) is 0. The van der Waals surface area contributed by atoms with Crippen LogP contribution in [-0.2, 0) is 12.8 Å². The SMILES string of the molecule is Cc1ccc(CCNC(=O)c2ccc(CCC(C)(C)O)cc2)o1. The van der Waals surface area contributed by atoms with Crippen LogP contribution in [0.5, 0.6) is 0 Å².